The Bertz CT molecular complexity index is 681. The summed E-state index contributed by atoms with van der Waals surface area (Å²) in [6.45, 7) is 3.86. The molecule has 0 bridgehead atoms. The Labute approximate surface area is 161 Å². The molecule has 4 rings (SSSR count). The fourth-order valence-electron chi connectivity index (χ4n) is 3.38. The maximum absolute atomic E-state index is 10.3. The number of anilines is 1. The van der Waals surface area contributed by atoms with E-state index in [1.165, 1.54) is 18.5 Å². The monoisotopic (exact) mass is 368 g/mol. The summed E-state index contributed by atoms with van der Waals surface area (Å²) in [6, 6.07) is 18.2. The maximum atomic E-state index is 10.3. The van der Waals surface area contributed by atoms with Crippen LogP contribution in [0, 0.1) is 0 Å². The van der Waals surface area contributed by atoms with Crippen molar-refractivity contribution in [2.45, 2.75) is 31.3 Å². The summed E-state index contributed by atoms with van der Waals surface area (Å²) in [5.74, 6) is 1.55. The number of benzene rings is 2. The largest absolute Gasteiger partial charge is 0.490 e. The van der Waals surface area contributed by atoms with Crippen molar-refractivity contribution in [1.29, 1.82) is 0 Å². The minimum Gasteiger partial charge on any atom is -0.490 e. The summed E-state index contributed by atoms with van der Waals surface area (Å²) in [6.07, 6.45) is 4.02. The van der Waals surface area contributed by atoms with Crippen molar-refractivity contribution in [3.8, 4) is 5.75 Å². The molecule has 1 amide bonds. The number of nitrogens with one attached hydrogen (secondary N) is 2. The molecule has 1 atom stereocenters. The van der Waals surface area contributed by atoms with Gasteiger partial charge in [-0.25, -0.2) is 0 Å². The highest BCUT2D eigenvalue weighted by molar-refractivity contribution is 5.71. The molecular weight excluding hydrogens is 340 g/mol. The molecule has 2 aromatic carbocycles. The van der Waals surface area contributed by atoms with Gasteiger partial charge in [0.2, 0.25) is 6.41 Å². The van der Waals surface area contributed by atoms with Gasteiger partial charge in [-0.05, 0) is 36.6 Å². The van der Waals surface area contributed by atoms with E-state index in [1.807, 2.05) is 24.3 Å². The molecule has 2 fully saturated rings. The number of carbonyl (C=O) groups is 1. The smallest absolute Gasteiger partial charge is 0.211 e. The van der Waals surface area contributed by atoms with Crippen molar-refractivity contribution in [1.82, 2.24) is 5.32 Å². The number of ether oxygens (including phenoxy) is 2. The molecule has 0 spiro atoms. The van der Waals surface area contributed by atoms with E-state index in [0.717, 1.165) is 50.0 Å². The number of rotatable bonds is 5. The van der Waals surface area contributed by atoms with Crippen molar-refractivity contribution >= 4 is 12.1 Å². The van der Waals surface area contributed by atoms with Crippen LogP contribution in [-0.2, 0) is 9.53 Å². The molecule has 1 unspecified atom stereocenters. The van der Waals surface area contributed by atoms with Crippen molar-refractivity contribution in [3.05, 3.63) is 60.2 Å². The number of hydrogen-bond donors (Lipinski definition) is 2. The first kappa shape index (κ1) is 19.4. The van der Waals surface area contributed by atoms with Crippen LogP contribution in [0.15, 0.2) is 54.6 Å². The third-order valence-corrected chi connectivity index (χ3v) is 4.86. The van der Waals surface area contributed by atoms with E-state index < -0.39 is 0 Å². The second kappa shape index (κ2) is 10.7. The first-order chi connectivity index (χ1) is 13.3. The van der Waals surface area contributed by atoms with Crippen LogP contribution in [0.5, 0.6) is 5.75 Å². The van der Waals surface area contributed by atoms with Crippen molar-refractivity contribution in [3.63, 3.8) is 0 Å². The maximum Gasteiger partial charge on any atom is 0.211 e. The topological polar surface area (TPSA) is 59.6 Å². The van der Waals surface area contributed by atoms with Crippen LogP contribution in [0.2, 0.25) is 0 Å². The van der Waals surface area contributed by atoms with Gasteiger partial charge in [0, 0.05) is 31.1 Å². The molecule has 2 aliphatic heterocycles. The fraction of sp³-hybridized carbons (Fsp3) is 0.409. The first-order valence-corrected chi connectivity index (χ1v) is 9.65. The highest BCUT2D eigenvalue weighted by Crippen LogP contribution is 2.22. The molecule has 0 aliphatic carbocycles. The molecule has 0 saturated carbocycles. The minimum absolute atomic E-state index is 0.222. The first-order valence-electron chi connectivity index (χ1n) is 9.65. The second-order valence-corrected chi connectivity index (χ2v) is 6.82. The van der Waals surface area contributed by atoms with E-state index in [9.17, 15) is 4.79 Å². The van der Waals surface area contributed by atoms with E-state index in [-0.39, 0.29) is 6.10 Å². The molecule has 0 aromatic heterocycles. The summed E-state index contributed by atoms with van der Waals surface area (Å²) in [4.78, 5) is 10.3. The summed E-state index contributed by atoms with van der Waals surface area (Å²) in [5.41, 5.74) is 2.23. The highest BCUT2D eigenvalue weighted by Gasteiger charge is 2.16. The average Bonchev–Trinajstić information content (AvgIpc) is 3.26. The fourth-order valence-corrected chi connectivity index (χ4v) is 3.38. The van der Waals surface area contributed by atoms with Gasteiger partial charge in [-0.3, -0.25) is 4.79 Å². The number of carbonyl (C=O) groups excluding carboxylic acids is 1. The van der Waals surface area contributed by atoms with Crippen LogP contribution in [0.4, 0.5) is 5.69 Å². The van der Waals surface area contributed by atoms with Crippen LogP contribution in [0.1, 0.15) is 30.7 Å². The highest BCUT2D eigenvalue weighted by atomic mass is 16.5. The average molecular weight is 368 g/mol. The summed E-state index contributed by atoms with van der Waals surface area (Å²) in [7, 11) is 0. The number of amides is 1. The standard InChI is InChI=1S/C12H15NO3.C10H13N/c14-9-13-10-2-1-3-12(8-10)16-11-4-6-15-7-5-11;1-2-4-9(5-3-1)10-6-7-11-8-10/h1-3,8-9,11H,4-7H2,(H,13,14);1-5,10-11H,6-8H2. The normalized spacial score (nSPS) is 19.6. The van der Waals surface area contributed by atoms with Gasteiger partial charge in [-0.2, -0.15) is 0 Å². The Morgan fingerprint density at radius 3 is 2.56 bits per heavy atom. The lowest BCUT2D eigenvalue weighted by Crippen LogP contribution is -2.25. The predicted molar refractivity (Wildman–Crippen MR) is 107 cm³/mol. The van der Waals surface area contributed by atoms with Gasteiger partial charge in [0.1, 0.15) is 11.9 Å². The Hall–Kier alpha value is -2.37. The Morgan fingerprint density at radius 2 is 1.85 bits per heavy atom. The minimum atomic E-state index is 0.222. The quantitative estimate of drug-likeness (QED) is 0.792. The van der Waals surface area contributed by atoms with E-state index in [4.69, 9.17) is 9.47 Å². The molecule has 27 heavy (non-hydrogen) atoms. The van der Waals surface area contributed by atoms with Gasteiger partial charge in [0.25, 0.3) is 0 Å². The second-order valence-electron chi connectivity index (χ2n) is 6.82. The molecule has 2 aromatic rings. The van der Waals surface area contributed by atoms with Crippen molar-refractivity contribution < 1.29 is 14.3 Å². The molecule has 2 aliphatic rings. The molecule has 2 saturated heterocycles. The van der Waals surface area contributed by atoms with Crippen LogP contribution < -0.4 is 15.4 Å². The van der Waals surface area contributed by atoms with Crippen LogP contribution in [0.3, 0.4) is 0 Å². The molecule has 144 valence electrons. The summed E-state index contributed by atoms with van der Waals surface area (Å²) < 4.78 is 11.1. The zero-order valence-corrected chi connectivity index (χ0v) is 15.6. The van der Waals surface area contributed by atoms with Crippen LogP contribution >= 0.6 is 0 Å². The Balaban J connectivity index is 0.000000166. The van der Waals surface area contributed by atoms with Gasteiger partial charge in [-0.1, -0.05) is 36.4 Å². The van der Waals surface area contributed by atoms with Crippen LogP contribution in [-0.4, -0.2) is 38.8 Å². The molecule has 5 nitrogen and oxygen atoms in total. The summed E-state index contributed by atoms with van der Waals surface area (Å²) >= 11 is 0. The predicted octanol–water partition coefficient (Wildman–Crippen LogP) is 3.58. The molecule has 2 N–H and O–H groups in total. The van der Waals surface area contributed by atoms with Gasteiger partial charge in [-0.15, -0.1) is 0 Å². The van der Waals surface area contributed by atoms with E-state index in [2.05, 4.69) is 41.0 Å². The molecule has 2 heterocycles. The van der Waals surface area contributed by atoms with Gasteiger partial charge in [0.05, 0.1) is 13.2 Å². The molecular formula is C22H28N2O3. The molecule has 5 heteroatoms. The van der Waals surface area contributed by atoms with E-state index >= 15 is 0 Å². The zero-order valence-electron chi connectivity index (χ0n) is 15.6. The SMILES string of the molecule is O=CNc1cccc(OC2CCOCC2)c1.c1ccc(C2CCNC2)cc1. The zero-order chi connectivity index (χ0) is 18.7. The third-order valence-electron chi connectivity index (χ3n) is 4.86. The lowest BCUT2D eigenvalue weighted by molar-refractivity contribution is -0.105. The van der Waals surface area contributed by atoms with Gasteiger partial charge >= 0.3 is 0 Å². The Kier molecular flexibility index (Phi) is 7.69. The Morgan fingerprint density at radius 1 is 1.04 bits per heavy atom. The van der Waals surface area contributed by atoms with E-state index in [1.54, 1.807) is 0 Å². The van der Waals surface area contributed by atoms with Gasteiger partial charge < -0.3 is 20.1 Å². The van der Waals surface area contributed by atoms with Crippen molar-refractivity contribution in [2.75, 3.05) is 31.6 Å². The molecule has 0 radical (unpaired) electrons. The van der Waals surface area contributed by atoms with Crippen molar-refractivity contribution in [2.24, 2.45) is 0 Å². The lowest BCUT2D eigenvalue weighted by Gasteiger charge is -2.23. The van der Waals surface area contributed by atoms with Gasteiger partial charge in [0.15, 0.2) is 0 Å². The third kappa shape index (κ3) is 6.38. The van der Waals surface area contributed by atoms with Crippen LogP contribution in [0.25, 0.3) is 0 Å². The summed E-state index contributed by atoms with van der Waals surface area (Å²) in [5, 5.41) is 5.97. The lowest BCUT2D eigenvalue weighted by atomic mass is 9.99. The number of hydrogen-bond acceptors (Lipinski definition) is 4. The van der Waals surface area contributed by atoms with E-state index in [0.29, 0.717) is 6.41 Å².